The first-order valence-corrected chi connectivity index (χ1v) is 4.80. The molecule has 4 heteroatoms. The van der Waals surface area contributed by atoms with Gasteiger partial charge in [-0.25, -0.2) is 8.78 Å². The van der Waals surface area contributed by atoms with Gasteiger partial charge in [0, 0.05) is 18.4 Å². The summed E-state index contributed by atoms with van der Waals surface area (Å²) in [5.41, 5.74) is 0.195. The summed E-state index contributed by atoms with van der Waals surface area (Å²) in [7, 11) is 1.31. The third kappa shape index (κ3) is 3.10. The van der Waals surface area contributed by atoms with Crippen molar-refractivity contribution < 1.29 is 13.5 Å². The lowest BCUT2D eigenvalue weighted by molar-refractivity contribution is 0.383. The first kappa shape index (κ1) is 11.8. The molecule has 0 heterocycles. The SMILES string of the molecule is COc1c(F)cc(F)cc1C#CCCCl. The molecule has 1 rings (SSSR count). The van der Waals surface area contributed by atoms with Gasteiger partial charge in [0.05, 0.1) is 12.7 Å². The average Bonchev–Trinajstić information content (AvgIpc) is 2.17. The van der Waals surface area contributed by atoms with Crippen molar-refractivity contribution in [2.45, 2.75) is 6.42 Å². The van der Waals surface area contributed by atoms with E-state index in [2.05, 4.69) is 11.8 Å². The molecule has 1 aromatic carbocycles. The fourth-order valence-corrected chi connectivity index (χ4v) is 1.16. The molecule has 80 valence electrons. The standard InChI is InChI=1S/C11H9ClF2O/c1-15-11-8(4-2-3-5-12)6-9(13)7-10(11)14/h6-7H,3,5H2,1H3. The van der Waals surface area contributed by atoms with Gasteiger partial charge < -0.3 is 4.74 Å². The summed E-state index contributed by atoms with van der Waals surface area (Å²) in [6.07, 6.45) is 0.461. The number of methoxy groups -OCH3 is 1. The van der Waals surface area contributed by atoms with Gasteiger partial charge in [-0.1, -0.05) is 11.8 Å². The third-order valence-corrected chi connectivity index (χ3v) is 1.84. The molecule has 0 fully saturated rings. The zero-order valence-electron chi connectivity index (χ0n) is 8.11. The topological polar surface area (TPSA) is 9.23 Å². The number of benzene rings is 1. The minimum atomic E-state index is -0.757. The van der Waals surface area contributed by atoms with Crippen LogP contribution in [-0.4, -0.2) is 13.0 Å². The maximum atomic E-state index is 13.2. The molecule has 0 aromatic heterocycles. The predicted molar refractivity (Wildman–Crippen MR) is 55.1 cm³/mol. The van der Waals surface area contributed by atoms with E-state index in [0.29, 0.717) is 12.3 Å². The van der Waals surface area contributed by atoms with Crippen molar-refractivity contribution in [1.82, 2.24) is 0 Å². The lowest BCUT2D eigenvalue weighted by atomic mass is 10.2. The molecular weight excluding hydrogens is 222 g/mol. The first-order valence-electron chi connectivity index (χ1n) is 4.27. The van der Waals surface area contributed by atoms with Gasteiger partial charge in [0.25, 0.3) is 0 Å². The average molecular weight is 231 g/mol. The Morgan fingerprint density at radius 1 is 1.40 bits per heavy atom. The van der Waals surface area contributed by atoms with Crippen LogP contribution in [-0.2, 0) is 0 Å². The zero-order valence-corrected chi connectivity index (χ0v) is 8.87. The molecule has 0 aliphatic carbocycles. The van der Waals surface area contributed by atoms with E-state index in [4.69, 9.17) is 16.3 Å². The highest BCUT2D eigenvalue weighted by Gasteiger charge is 2.09. The van der Waals surface area contributed by atoms with E-state index in [1.165, 1.54) is 7.11 Å². The molecule has 0 saturated carbocycles. The molecule has 1 aromatic rings. The van der Waals surface area contributed by atoms with Crippen LogP contribution in [0.3, 0.4) is 0 Å². The maximum Gasteiger partial charge on any atom is 0.170 e. The smallest absolute Gasteiger partial charge is 0.170 e. The van der Waals surface area contributed by atoms with Crippen molar-refractivity contribution in [3.05, 3.63) is 29.3 Å². The molecule has 0 N–H and O–H groups in total. The van der Waals surface area contributed by atoms with Crippen LogP contribution < -0.4 is 4.74 Å². The van der Waals surface area contributed by atoms with Crippen LogP contribution in [0.4, 0.5) is 8.78 Å². The molecule has 15 heavy (non-hydrogen) atoms. The van der Waals surface area contributed by atoms with Gasteiger partial charge in [0.1, 0.15) is 5.82 Å². The second-order valence-corrected chi connectivity index (χ2v) is 3.09. The van der Waals surface area contributed by atoms with E-state index in [-0.39, 0.29) is 11.3 Å². The van der Waals surface area contributed by atoms with E-state index >= 15 is 0 Å². The van der Waals surface area contributed by atoms with E-state index in [1.807, 2.05) is 0 Å². The highest BCUT2D eigenvalue weighted by atomic mass is 35.5. The van der Waals surface area contributed by atoms with Gasteiger partial charge >= 0.3 is 0 Å². The minimum Gasteiger partial charge on any atom is -0.492 e. The molecule has 0 atom stereocenters. The quantitative estimate of drug-likeness (QED) is 0.561. The summed E-state index contributed by atoms with van der Waals surface area (Å²) in [5, 5.41) is 0. The van der Waals surface area contributed by atoms with Crippen molar-refractivity contribution >= 4 is 11.6 Å². The van der Waals surface area contributed by atoms with Gasteiger partial charge in [0.15, 0.2) is 11.6 Å². The number of ether oxygens (including phenoxy) is 1. The van der Waals surface area contributed by atoms with Crippen LogP contribution in [0.5, 0.6) is 5.75 Å². The van der Waals surface area contributed by atoms with Crippen molar-refractivity contribution in [3.8, 4) is 17.6 Å². The van der Waals surface area contributed by atoms with Crippen LogP contribution in [0.2, 0.25) is 0 Å². The lowest BCUT2D eigenvalue weighted by Crippen LogP contribution is -1.94. The molecule has 1 nitrogen and oxygen atoms in total. The summed E-state index contributed by atoms with van der Waals surface area (Å²) < 4.78 is 30.8. The zero-order chi connectivity index (χ0) is 11.3. The Morgan fingerprint density at radius 3 is 2.73 bits per heavy atom. The first-order chi connectivity index (χ1) is 7.19. The van der Waals surface area contributed by atoms with Crippen LogP contribution in [0.1, 0.15) is 12.0 Å². The van der Waals surface area contributed by atoms with E-state index < -0.39 is 11.6 Å². The van der Waals surface area contributed by atoms with E-state index in [1.54, 1.807) is 0 Å². The molecule has 0 unspecified atom stereocenters. The molecule has 0 saturated heterocycles. The van der Waals surface area contributed by atoms with Gasteiger partial charge in [-0.15, -0.1) is 11.6 Å². The summed E-state index contributed by atoms with van der Waals surface area (Å²) in [6.45, 7) is 0. The maximum absolute atomic E-state index is 13.2. The number of halogens is 3. The Kier molecular flexibility index (Phi) is 4.38. The summed E-state index contributed by atoms with van der Waals surface area (Å²) in [4.78, 5) is 0. The molecule has 0 bridgehead atoms. The normalized spacial score (nSPS) is 9.33. The number of alkyl halides is 1. The van der Waals surface area contributed by atoms with Gasteiger partial charge in [-0.05, 0) is 6.07 Å². The van der Waals surface area contributed by atoms with E-state index in [0.717, 1.165) is 12.1 Å². The van der Waals surface area contributed by atoms with Crippen molar-refractivity contribution in [2.24, 2.45) is 0 Å². The lowest BCUT2D eigenvalue weighted by Gasteiger charge is -2.04. The largest absolute Gasteiger partial charge is 0.492 e. The fraction of sp³-hybridized carbons (Fsp3) is 0.273. The van der Waals surface area contributed by atoms with Crippen molar-refractivity contribution in [1.29, 1.82) is 0 Å². The second-order valence-electron chi connectivity index (χ2n) is 2.71. The Hall–Kier alpha value is -1.27. The second kappa shape index (κ2) is 5.57. The summed E-state index contributed by atoms with van der Waals surface area (Å²) >= 11 is 5.42. The van der Waals surface area contributed by atoms with Gasteiger partial charge in [-0.3, -0.25) is 0 Å². The highest BCUT2D eigenvalue weighted by molar-refractivity contribution is 6.18. The third-order valence-electron chi connectivity index (χ3n) is 1.66. The Labute approximate surface area is 92.0 Å². The molecule has 0 spiro atoms. The fourth-order valence-electron chi connectivity index (χ4n) is 1.07. The number of hydrogen-bond acceptors (Lipinski definition) is 1. The van der Waals surface area contributed by atoms with Crippen molar-refractivity contribution in [2.75, 3.05) is 13.0 Å². The molecule has 0 aliphatic heterocycles. The monoisotopic (exact) mass is 230 g/mol. The molecule has 0 radical (unpaired) electrons. The van der Waals surface area contributed by atoms with Crippen molar-refractivity contribution in [3.63, 3.8) is 0 Å². The Balaban J connectivity index is 3.11. The van der Waals surface area contributed by atoms with Gasteiger partial charge in [-0.2, -0.15) is 0 Å². The molecular formula is C11H9ClF2O. The minimum absolute atomic E-state index is 0.0431. The Morgan fingerprint density at radius 2 is 2.13 bits per heavy atom. The van der Waals surface area contributed by atoms with Gasteiger partial charge in [0.2, 0.25) is 0 Å². The van der Waals surface area contributed by atoms with E-state index in [9.17, 15) is 8.78 Å². The predicted octanol–water partition coefficient (Wildman–Crippen LogP) is 2.95. The van der Waals surface area contributed by atoms with Crippen LogP contribution >= 0.6 is 11.6 Å². The Bertz CT molecular complexity index is 407. The number of rotatable bonds is 2. The summed E-state index contributed by atoms with van der Waals surface area (Å²) in [5.74, 6) is 4.20. The number of hydrogen-bond donors (Lipinski definition) is 0. The van der Waals surface area contributed by atoms with Crippen LogP contribution in [0.15, 0.2) is 12.1 Å². The summed E-state index contributed by atoms with van der Waals surface area (Å²) in [6, 6.07) is 1.88. The van der Waals surface area contributed by atoms with Crippen LogP contribution in [0, 0.1) is 23.5 Å². The molecule has 0 amide bonds. The molecule has 0 aliphatic rings. The van der Waals surface area contributed by atoms with Crippen LogP contribution in [0.25, 0.3) is 0 Å². The highest BCUT2D eigenvalue weighted by Crippen LogP contribution is 2.22.